The number of ether oxygens (including phenoxy) is 1. The molecule has 0 amide bonds. The molecule has 0 aromatic carbocycles. The van der Waals surface area contributed by atoms with Crippen LogP contribution < -0.4 is 0 Å². The number of hydrogen-bond donors (Lipinski definition) is 3. The predicted molar refractivity (Wildman–Crippen MR) is 142 cm³/mol. The highest BCUT2D eigenvalue weighted by Gasteiger charge is 2.49. The molecule has 6 nitrogen and oxygen atoms in total. The van der Waals surface area contributed by atoms with Crippen molar-refractivity contribution in [2.45, 2.75) is 151 Å². The summed E-state index contributed by atoms with van der Waals surface area (Å²) in [6, 6.07) is 0. The number of phosphoric ester groups is 1. The first kappa shape index (κ1) is 34.0. The third-order valence-electron chi connectivity index (χ3n) is 8.47. The molecule has 4 unspecified atom stereocenters. The lowest BCUT2D eigenvalue weighted by Crippen LogP contribution is -2.52. The van der Waals surface area contributed by atoms with Gasteiger partial charge in [-0.2, -0.15) is 0 Å². The van der Waals surface area contributed by atoms with Gasteiger partial charge in [-0.25, -0.2) is 4.57 Å². The summed E-state index contributed by atoms with van der Waals surface area (Å²) in [7, 11) is -4.64. The normalized spacial score (nSPS) is 16.9. The quantitative estimate of drug-likeness (QED) is 0.138. The fraction of sp³-hybridized carbons (Fsp3) is 1.00. The Kier molecular flexibility index (Phi) is 16.7. The van der Waals surface area contributed by atoms with Gasteiger partial charge in [0.25, 0.3) is 0 Å². The van der Waals surface area contributed by atoms with Crippen molar-refractivity contribution in [1.29, 1.82) is 0 Å². The van der Waals surface area contributed by atoms with E-state index in [9.17, 15) is 19.5 Å². The molecule has 0 aromatic heterocycles. The molecule has 0 aromatic rings. The van der Waals surface area contributed by atoms with E-state index in [1.807, 2.05) is 6.92 Å². The largest absolute Gasteiger partial charge is 0.469 e. The topological polar surface area (TPSA) is 96.2 Å². The minimum absolute atomic E-state index is 0.0254. The third kappa shape index (κ3) is 8.85. The zero-order chi connectivity index (χ0) is 26.4. The summed E-state index contributed by atoms with van der Waals surface area (Å²) in [6.07, 6.45) is 9.50. The van der Waals surface area contributed by atoms with E-state index in [-0.39, 0.29) is 30.1 Å². The van der Waals surface area contributed by atoms with Gasteiger partial charge in [-0.15, -0.1) is 0 Å². The highest BCUT2D eigenvalue weighted by molar-refractivity contribution is 7.46. The second-order valence-electron chi connectivity index (χ2n) is 10.1. The first-order chi connectivity index (χ1) is 16.1. The number of aliphatic hydroxyl groups is 1. The average Bonchev–Trinajstić information content (AvgIpc) is 2.79. The second-order valence-corrected chi connectivity index (χ2v) is 11.3. The molecule has 0 heterocycles. The Labute approximate surface area is 210 Å². The van der Waals surface area contributed by atoms with Crippen molar-refractivity contribution < 1.29 is 28.7 Å². The van der Waals surface area contributed by atoms with Crippen LogP contribution in [0.5, 0.6) is 0 Å². The number of hydrogen-bond acceptors (Lipinski definition) is 4. The van der Waals surface area contributed by atoms with Gasteiger partial charge >= 0.3 is 7.82 Å². The van der Waals surface area contributed by atoms with Gasteiger partial charge in [0.05, 0.1) is 18.3 Å². The van der Waals surface area contributed by atoms with Crippen LogP contribution in [0.15, 0.2) is 0 Å². The summed E-state index contributed by atoms with van der Waals surface area (Å²) in [5.74, 6) is 0.168. The molecule has 0 fully saturated rings. The Bertz CT molecular complexity index is 555. The lowest BCUT2D eigenvalue weighted by molar-refractivity contribution is -0.182. The predicted octanol–water partition coefficient (Wildman–Crippen LogP) is 7.64. The van der Waals surface area contributed by atoms with Crippen LogP contribution in [0, 0.1) is 16.7 Å². The van der Waals surface area contributed by atoms with Crippen molar-refractivity contribution in [3.63, 3.8) is 0 Å². The molecule has 0 rings (SSSR count). The summed E-state index contributed by atoms with van der Waals surface area (Å²) in [6.45, 7) is 17.3. The highest BCUT2D eigenvalue weighted by Crippen LogP contribution is 2.51. The summed E-state index contributed by atoms with van der Waals surface area (Å²) < 4.78 is 24.6. The van der Waals surface area contributed by atoms with Crippen molar-refractivity contribution in [2.24, 2.45) is 16.7 Å². The van der Waals surface area contributed by atoms with Crippen molar-refractivity contribution in [3.8, 4) is 0 Å². The van der Waals surface area contributed by atoms with Gasteiger partial charge < -0.3 is 19.6 Å². The van der Waals surface area contributed by atoms with Gasteiger partial charge in [-0.1, -0.05) is 81.1 Å². The monoisotopic (exact) mass is 508 g/mol. The van der Waals surface area contributed by atoms with E-state index in [2.05, 4.69) is 48.5 Å². The minimum Gasteiger partial charge on any atom is -0.396 e. The Morgan fingerprint density at radius 1 is 0.647 bits per heavy atom. The van der Waals surface area contributed by atoms with Crippen LogP contribution in [0.25, 0.3) is 0 Å². The molecule has 0 radical (unpaired) electrons. The summed E-state index contributed by atoms with van der Waals surface area (Å²) in [4.78, 5) is 19.5. The van der Waals surface area contributed by atoms with E-state index in [1.54, 1.807) is 0 Å². The second kappa shape index (κ2) is 16.7. The van der Waals surface area contributed by atoms with Crippen LogP contribution in [0.2, 0.25) is 0 Å². The third-order valence-corrected chi connectivity index (χ3v) is 9.00. The van der Waals surface area contributed by atoms with Gasteiger partial charge in [0.15, 0.2) is 0 Å². The van der Waals surface area contributed by atoms with Gasteiger partial charge in [-0.3, -0.25) is 4.52 Å². The maximum atomic E-state index is 12.0. The molecule has 0 spiro atoms. The van der Waals surface area contributed by atoms with Gasteiger partial charge in [0.1, 0.15) is 0 Å². The van der Waals surface area contributed by atoms with Gasteiger partial charge in [0.2, 0.25) is 0 Å². The number of rotatable bonds is 21. The first-order valence-electron chi connectivity index (χ1n) is 14.1. The van der Waals surface area contributed by atoms with Crippen molar-refractivity contribution in [2.75, 3.05) is 6.61 Å². The smallest absolute Gasteiger partial charge is 0.396 e. The molecule has 0 saturated heterocycles. The van der Waals surface area contributed by atoms with E-state index >= 15 is 0 Å². The lowest BCUT2D eigenvalue weighted by atomic mass is 9.64. The number of phosphoric acid groups is 1. The fourth-order valence-electron chi connectivity index (χ4n) is 6.40. The summed E-state index contributed by atoms with van der Waals surface area (Å²) in [5, 5.41) is 10.4. The van der Waals surface area contributed by atoms with E-state index < -0.39 is 19.3 Å². The molecule has 0 aliphatic rings. The van der Waals surface area contributed by atoms with Crippen molar-refractivity contribution in [1.82, 2.24) is 0 Å². The Morgan fingerprint density at radius 3 is 1.35 bits per heavy atom. The fourth-order valence-corrected chi connectivity index (χ4v) is 7.05. The van der Waals surface area contributed by atoms with E-state index in [4.69, 9.17) is 9.26 Å². The van der Waals surface area contributed by atoms with E-state index in [0.717, 1.165) is 70.6 Å². The molecule has 34 heavy (non-hydrogen) atoms. The molecular weight excluding hydrogens is 451 g/mol. The van der Waals surface area contributed by atoms with Crippen LogP contribution >= 0.6 is 7.82 Å². The van der Waals surface area contributed by atoms with Crippen LogP contribution in [0.3, 0.4) is 0 Å². The highest BCUT2D eigenvalue weighted by atomic mass is 31.2. The van der Waals surface area contributed by atoms with Crippen LogP contribution in [0.1, 0.15) is 132 Å². The van der Waals surface area contributed by atoms with E-state index in [1.165, 1.54) is 0 Å². The van der Waals surface area contributed by atoms with Crippen molar-refractivity contribution >= 4 is 7.82 Å². The number of aliphatic hydroxyl groups excluding tert-OH is 1. The zero-order valence-corrected chi connectivity index (χ0v) is 24.4. The van der Waals surface area contributed by atoms with Crippen molar-refractivity contribution in [3.05, 3.63) is 0 Å². The van der Waals surface area contributed by atoms with Crippen LogP contribution in [0.4, 0.5) is 0 Å². The molecule has 7 heteroatoms. The zero-order valence-electron chi connectivity index (χ0n) is 23.5. The molecule has 0 aliphatic carbocycles. The Balaban J connectivity index is 6.61. The molecule has 0 bridgehead atoms. The lowest BCUT2D eigenvalue weighted by Gasteiger charge is -2.51. The molecule has 3 N–H and O–H groups in total. The Morgan fingerprint density at radius 2 is 1.03 bits per heavy atom. The van der Waals surface area contributed by atoms with Gasteiger partial charge in [-0.05, 0) is 57.3 Å². The maximum absolute atomic E-state index is 12.0. The average molecular weight is 509 g/mol. The molecular formula is C27H57O6P. The minimum atomic E-state index is -4.64. The van der Waals surface area contributed by atoms with Gasteiger partial charge in [0, 0.05) is 17.4 Å². The first-order valence-corrected chi connectivity index (χ1v) is 15.6. The Hall–Kier alpha value is 0.0300. The van der Waals surface area contributed by atoms with Crippen LogP contribution in [-0.2, 0) is 13.8 Å². The molecule has 0 saturated carbocycles. The molecule has 4 atom stereocenters. The molecule has 206 valence electrons. The molecule has 0 aliphatic heterocycles. The summed E-state index contributed by atoms with van der Waals surface area (Å²) in [5.41, 5.74) is -0.629. The standard InChI is InChI=1S/C27H57O6P/c1-9-17-22(21-28)26(13-5,14-6)23(18-10-2)32-24(19-11-3)27(15-7,16-8)25(20-12-4)33-34(29,30)31/h22-25,28H,9-21H2,1-8H3,(H2,29,30,31). The van der Waals surface area contributed by atoms with Crippen LogP contribution in [-0.4, -0.2) is 39.8 Å². The summed E-state index contributed by atoms with van der Waals surface area (Å²) >= 11 is 0. The SMILES string of the molecule is CCCC(CO)C(CC)(CC)C(CCC)OC(CCC)C(CC)(CC)C(CCC)OP(=O)(O)O. The van der Waals surface area contributed by atoms with E-state index in [0.29, 0.717) is 6.42 Å². The maximum Gasteiger partial charge on any atom is 0.469 e.